The van der Waals surface area contributed by atoms with Crippen molar-refractivity contribution in [2.24, 2.45) is 0 Å². The van der Waals surface area contributed by atoms with E-state index in [0.29, 0.717) is 10.7 Å². The number of anilines is 1. The number of barbiturate groups is 1. The lowest BCUT2D eigenvalue weighted by molar-refractivity contribution is -0.122. The van der Waals surface area contributed by atoms with Gasteiger partial charge in [0.05, 0.1) is 5.69 Å². The largest absolute Gasteiger partial charge is 0.457 e. The molecule has 1 aliphatic rings. The Hall–Kier alpha value is -3.52. The number of benzene rings is 2. The quantitative estimate of drug-likeness (QED) is 0.441. The van der Waals surface area contributed by atoms with Gasteiger partial charge in [0.1, 0.15) is 22.9 Å². The highest BCUT2D eigenvalue weighted by Crippen LogP contribution is 2.31. The summed E-state index contributed by atoms with van der Waals surface area (Å²) in [5, 5.41) is 2.09. The highest BCUT2D eigenvalue weighted by atomic mass is 79.9. The first-order chi connectivity index (χ1) is 14.3. The normalized spacial score (nSPS) is 15.6. The molecule has 0 unspecified atom stereocenters. The zero-order chi connectivity index (χ0) is 21.4. The van der Waals surface area contributed by atoms with E-state index in [1.54, 1.807) is 12.1 Å². The molecule has 1 fully saturated rings. The molecule has 0 bridgehead atoms. The average molecular weight is 469 g/mol. The molecule has 1 aromatic heterocycles. The van der Waals surface area contributed by atoms with Gasteiger partial charge in [-0.3, -0.25) is 14.9 Å². The molecule has 0 saturated carbocycles. The predicted octanol–water partition coefficient (Wildman–Crippen LogP) is 4.82. The molecule has 1 aliphatic heterocycles. The Kier molecular flexibility index (Phi) is 5.09. The van der Waals surface area contributed by atoms with Crippen molar-refractivity contribution in [3.63, 3.8) is 0 Å². The molecule has 2 aromatic carbocycles. The van der Waals surface area contributed by atoms with E-state index >= 15 is 0 Å². The Morgan fingerprint density at radius 2 is 1.87 bits per heavy atom. The van der Waals surface area contributed by atoms with Gasteiger partial charge in [-0.25, -0.2) is 14.1 Å². The molecule has 1 saturated heterocycles. The lowest BCUT2D eigenvalue weighted by Crippen LogP contribution is -2.54. The number of urea groups is 1. The zero-order valence-corrected chi connectivity index (χ0v) is 17.2. The summed E-state index contributed by atoms with van der Waals surface area (Å²) in [7, 11) is 0. The van der Waals surface area contributed by atoms with Crippen LogP contribution in [0.4, 0.5) is 14.9 Å². The van der Waals surface area contributed by atoms with Crippen LogP contribution in [0, 0.1) is 12.7 Å². The van der Waals surface area contributed by atoms with Gasteiger partial charge in [-0.15, -0.1) is 0 Å². The summed E-state index contributed by atoms with van der Waals surface area (Å²) < 4.78 is 20.2. The van der Waals surface area contributed by atoms with Crippen molar-refractivity contribution >= 4 is 45.5 Å². The number of furan rings is 1. The number of carbonyl (C=O) groups is 3. The molecule has 6 nitrogen and oxygen atoms in total. The molecular formula is C22H14BrFN2O4. The van der Waals surface area contributed by atoms with Gasteiger partial charge in [-0.2, -0.15) is 0 Å². The molecule has 4 rings (SSSR count). The highest BCUT2D eigenvalue weighted by molar-refractivity contribution is 9.10. The van der Waals surface area contributed by atoms with E-state index in [1.807, 2.05) is 25.1 Å². The van der Waals surface area contributed by atoms with Gasteiger partial charge in [-0.05, 0) is 61.0 Å². The number of hydrogen-bond donors (Lipinski definition) is 1. The highest BCUT2D eigenvalue weighted by Gasteiger charge is 2.37. The van der Waals surface area contributed by atoms with Gasteiger partial charge < -0.3 is 4.42 Å². The molecule has 2 heterocycles. The van der Waals surface area contributed by atoms with Crippen molar-refractivity contribution in [3.8, 4) is 11.3 Å². The lowest BCUT2D eigenvalue weighted by atomic mass is 10.1. The third kappa shape index (κ3) is 3.69. The number of imide groups is 2. The van der Waals surface area contributed by atoms with Crippen LogP contribution in [-0.4, -0.2) is 17.8 Å². The Morgan fingerprint density at radius 3 is 2.60 bits per heavy atom. The summed E-state index contributed by atoms with van der Waals surface area (Å²) in [5.41, 5.74) is 1.59. The van der Waals surface area contributed by atoms with Crippen LogP contribution in [0.5, 0.6) is 0 Å². The van der Waals surface area contributed by atoms with Crippen molar-refractivity contribution in [1.82, 2.24) is 5.32 Å². The van der Waals surface area contributed by atoms with E-state index in [1.165, 1.54) is 24.3 Å². The summed E-state index contributed by atoms with van der Waals surface area (Å²) in [6.07, 6.45) is 1.25. The minimum absolute atomic E-state index is 0.0135. The molecule has 0 spiro atoms. The van der Waals surface area contributed by atoms with E-state index in [9.17, 15) is 18.8 Å². The number of aryl methyl sites for hydroxylation is 1. The SMILES string of the molecule is Cc1ccc(-c2ccc(/C=C3\C(=O)NC(=O)N(c4cccc(F)c4)C3=O)o2)c(Br)c1. The summed E-state index contributed by atoms with van der Waals surface area (Å²) in [5.74, 6) is -1.55. The third-order valence-corrected chi connectivity index (χ3v) is 5.13. The van der Waals surface area contributed by atoms with Crippen molar-refractivity contribution in [2.45, 2.75) is 6.92 Å². The number of nitrogens with one attached hydrogen (secondary N) is 1. The first kappa shape index (κ1) is 19.8. The first-order valence-corrected chi connectivity index (χ1v) is 9.66. The average Bonchev–Trinajstić information content (AvgIpc) is 3.13. The molecule has 0 aliphatic carbocycles. The van der Waals surface area contributed by atoms with Gasteiger partial charge in [0.25, 0.3) is 11.8 Å². The van der Waals surface area contributed by atoms with Gasteiger partial charge in [0.15, 0.2) is 0 Å². The Labute approximate surface area is 179 Å². The van der Waals surface area contributed by atoms with Crippen LogP contribution >= 0.6 is 15.9 Å². The van der Waals surface area contributed by atoms with Crippen molar-refractivity contribution < 1.29 is 23.2 Å². The molecule has 30 heavy (non-hydrogen) atoms. The van der Waals surface area contributed by atoms with Crippen LogP contribution in [0.25, 0.3) is 17.4 Å². The number of hydrogen-bond acceptors (Lipinski definition) is 4. The number of amides is 4. The van der Waals surface area contributed by atoms with Gasteiger partial charge in [-0.1, -0.05) is 28.1 Å². The predicted molar refractivity (Wildman–Crippen MR) is 112 cm³/mol. The van der Waals surface area contributed by atoms with E-state index in [-0.39, 0.29) is 17.0 Å². The molecule has 1 N–H and O–H groups in total. The molecule has 8 heteroatoms. The molecular weight excluding hydrogens is 455 g/mol. The lowest BCUT2D eigenvalue weighted by Gasteiger charge is -2.26. The topological polar surface area (TPSA) is 79.6 Å². The van der Waals surface area contributed by atoms with Crippen LogP contribution in [0.3, 0.4) is 0 Å². The minimum atomic E-state index is -0.948. The first-order valence-electron chi connectivity index (χ1n) is 8.87. The molecule has 150 valence electrons. The molecule has 4 amide bonds. The number of halogens is 2. The maximum atomic E-state index is 13.5. The fourth-order valence-corrected chi connectivity index (χ4v) is 3.73. The minimum Gasteiger partial charge on any atom is -0.457 e. The summed E-state index contributed by atoms with van der Waals surface area (Å²) >= 11 is 3.49. The molecule has 0 atom stereocenters. The standard InChI is InChI=1S/C22H14BrFN2O4/c1-12-5-7-16(18(23)9-12)19-8-6-15(30-19)11-17-20(27)25-22(29)26(21(17)28)14-4-2-3-13(24)10-14/h2-11H,1H3,(H,25,27,29)/b17-11+. The molecule has 3 aromatic rings. The fraction of sp³-hybridized carbons (Fsp3) is 0.0455. The maximum Gasteiger partial charge on any atom is 0.335 e. The smallest absolute Gasteiger partial charge is 0.335 e. The van der Waals surface area contributed by atoms with Crippen LogP contribution in [0.1, 0.15) is 11.3 Å². The Morgan fingerprint density at radius 1 is 1.07 bits per heavy atom. The zero-order valence-electron chi connectivity index (χ0n) is 15.6. The summed E-state index contributed by atoms with van der Waals surface area (Å²) in [6.45, 7) is 1.96. The Bertz CT molecular complexity index is 1230. The second kappa shape index (κ2) is 7.72. The van der Waals surface area contributed by atoms with E-state index < -0.39 is 23.7 Å². The van der Waals surface area contributed by atoms with E-state index in [2.05, 4.69) is 21.2 Å². The summed E-state index contributed by atoms with van der Waals surface area (Å²) in [6, 6.07) is 13.1. The third-order valence-electron chi connectivity index (χ3n) is 4.47. The van der Waals surface area contributed by atoms with Crippen molar-refractivity contribution in [1.29, 1.82) is 0 Å². The van der Waals surface area contributed by atoms with Crippen LogP contribution in [0.15, 0.2) is 69.1 Å². The van der Waals surface area contributed by atoms with Crippen LogP contribution in [0.2, 0.25) is 0 Å². The van der Waals surface area contributed by atoms with Gasteiger partial charge in [0, 0.05) is 10.0 Å². The summed E-state index contributed by atoms with van der Waals surface area (Å²) in [4.78, 5) is 38.0. The fourth-order valence-electron chi connectivity index (χ4n) is 3.04. The number of carbonyl (C=O) groups excluding carboxylic acids is 3. The van der Waals surface area contributed by atoms with Crippen LogP contribution in [-0.2, 0) is 9.59 Å². The van der Waals surface area contributed by atoms with E-state index in [4.69, 9.17) is 4.42 Å². The van der Waals surface area contributed by atoms with Crippen LogP contribution < -0.4 is 10.2 Å². The number of nitrogens with zero attached hydrogens (tertiary/aromatic N) is 1. The van der Waals surface area contributed by atoms with Crippen molar-refractivity contribution in [3.05, 3.63) is 81.8 Å². The van der Waals surface area contributed by atoms with E-state index in [0.717, 1.165) is 21.7 Å². The van der Waals surface area contributed by atoms with Gasteiger partial charge in [0.2, 0.25) is 0 Å². The number of rotatable bonds is 3. The molecule has 0 radical (unpaired) electrons. The maximum absolute atomic E-state index is 13.5. The second-order valence-electron chi connectivity index (χ2n) is 6.62. The Balaban J connectivity index is 1.69. The van der Waals surface area contributed by atoms with Crippen molar-refractivity contribution in [2.75, 3.05) is 4.90 Å². The van der Waals surface area contributed by atoms with Gasteiger partial charge >= 0.3 is 6.03 Å². The second-order valence-corrected chi connectivity index (χ2v) is 7.48. The monoisotopic (exact) mass is 468 g/mol.